The second-order valence-electron chi connectivity index (χ2n) is 4.82. The molecule has 4 heteroatoms. The Balaban J connectivity index is 1.82. The van der Waals surface area contributed by atoms with Gasteiger partial charge in [-0.3, -0.25) is 4.98 Å². The molecule has 1 aromatic rings. The first-order valence-corrected chi connectivity index (χ1v) is 5.53. The largest absolute Gasteiger partial charge is 0.374 e. The van der Waals surface area contributed by atoms with Crippen LogP contribution in [0.1, 0.15) is 26.0 Å². The zero-order valence-electron chi connectivity index (χ0n) is 9.66. The Morgan fingerprint density at radius 3 is 2.94 bits per heavy atom. The van der Waals surface area contributed by atoms with Gasteiger partial charge in [0, 0.05) is 12.6 Å². The lowest BCUT2D eigenvalue weighted by Gasteiger charge is -2.16. The molecular weight excluding hydrogens is 207 g/mol. The molecular formula is C12H17FN2O. The van der Waals surface area contributed by atoms with Gasteiger partial charge in [-0.1, -0.05) is 0 Å². The van der Waals surface area contributed by atoms with Crippen molar-refractivity contribution in [2.24, 2.45) is 0 Å². The summed E-state index contributed by atoms with van der Waals surface area (Å²) >= 11 is 0. The van der Waals surface area contributed by atoms with Gasteiger partial charge < -0.3 is 10.1 Å². The highest BCUT2D eigenvalue weighted by atomic mass is 19.1. The Hall–Kier alpha value is -1.00. The van der Waals surface area contributed by atoms with Crippen LogP contribution in [0.4, 0.5) is 4.39 Å². The zero-order valence-corrected chi connectivity index (χ0v) is 9.66. The quantitative estimate of drug-likeness (QED) is 0.851. The third kappa shape index (κ3) is 3.00. The molecule has 0 bridgehead atoms. The summed E-state index contributed by atoms with van der Waals surface area (Å²) in [4.78, 5) is 4.00. The molecule has 2 rings (SSSR count). The third-order valence-corrected chi connectivity index (χ3v) is 2.77. The Morgan fingerprint density at radius 2 is 2.38 bits per heavy atom. The summed E-state index contributed by atoms with van der Waals surface area (Å²) in [5, 5.41) is 3.36. The third-order valence-electron chi connectivity index (χ3n) is 2.77. The summed E-state index contributed by atoms with van der Waals surface area (Å²) in [5.74, 6) is -0.297. The first-order valence-electron chi connectivity index (χ1n) is 5.53. The summed E-state index contributed by atoms with van der Waals surface area (Å²) in [6.07, 6.45) is 2.24. The molecule has 0 radical (unpaired) electrons. The highest BCUT2D eigenvalue weighted by molar-refractivity contribution is 5.05. The van der Waals surface area contributed by atoms with Crippen molar-refractivity contribution in [3.8, 4) is 0 Å². The van der Waals surface area contributed by atoms with Crippen molar-refractivity contribution in [3.05, 3.63) is 29.8 Å². The molecule has 1 fully saturated rings. The topological polar surface area (TPSA) is 34.2 Å². The SMILES string of the molecule is CC1(C)CC(NCc2ccc(F)cn2)CO1. The minimum atomic E-state index is -0.297. The van der Waals surface area contributed by atoms with E-state index < -0.39 is 0 Å². The predicted molar refractivity (Wildman–Crippen MR) is 59.5 cm³/mol. The molecule has 3 nitrogen and oxygen atoms in total. The number of aromatic nitrogens is 1. The van der Waals surface area contributed by atoms with Gasteiger partial charge in [0.2, 0.25) is 0 Å². The van der Waals surface area contributed by atoms with Crippen LogP contribution in [-0.4, -0.2) is 23.2 Å². The number of halogens is 1. The normalized spacial score (nSPS) is 23.6. The van der Waals surface area contributed by atoms with Crippen molar-refractivity contribution in [1.82, 2.24) is 10.3 Å². The molecule has 1 atom stereocenters. The van der Waals surface area contributed by atoms with Gasteiger partial charge in [0.05, 0.1) is 24.1 Å². The molecule has 1 saturated heterocycles. The average Bonchev–Trinajstić information content (AvgIpc) is 2.58. The fraction of sp³-hybridized carbons (Fsp3) is 0.583. The van der Waals surface area contributed by atoms with Crippen molar-refractivity contribution in [3.63, 3.8) is 0 Å². The highest BCUT2D eigenvalue weighted by Crippen LogP contribution is 2.24. The minimum Gasteiger partial charge on any atom is -0.374 e. The maximum atomic E-state index is 12.6. The van der Waals surface area contributed by atoms with E-state index in [4.69, 9.17) is 4.74 Å². The molecule has 0 spiro atoms. The standard InChI is InChI=1S/C12H17FN2O/c1-12(2)5-11(8-16-12)15-7-10-4-3-9(13)6-14-10/h3-4,6,11,15H,5,7-8H2,1-2H3. The number of ether oxygens (including phenoxy) is 1. The van der Waals surface area contributed by atoms with E-state index in [2.05, 4.69) is 24.1 Å². The Morgan fingerprint density at radius 1 is 1.56 bits per heavy atom. The van der Waals surface area contributed by atoms with Gasteiger partial charge in [-0.05, 0) is 32.4 Å². The lowest BCUT2D eigenvalue weighted by Crippen LogP contribution is -2.30. The van der Waals surface area contributed by atoms with Gasteiger partial charge in [0.25, 0.3) is 0 Å². The van der Waals surface area contributed by atoms with E-state index in [0.29, 0.717) is 12.6 Å². The Bertz CT molecular complexity index is 351. The van der Waals surface area contributed by atoms with Crippen LogP contribution in [0.15, 0.2) is 18.3 Å². The maximum absolute atomic E-state index is 12.6. The molecule has 0 aliphatic carbocycles. The maximum Gasteiger partial charge on any atom is 0.141 e. The van der Waals surface area contributed by atoms with E-state index >= 15 is 0 Å². The van der Waals surface area contributed by atoms with Gasteiger partial charge in [-0.25, -0.2) is 4.39 Å². The molecule has 2 heterocycles. The molecule has 0 aromatic carbocycles. The lowest BCUT2D eigenvalue weighted by atomic mass is 10.0. The van der Waals surface area contributed by atoms with E-state index in [-0.39, 0.29) is 11.4 Å². The number of nitrogens with one attached hydrogen (secondary N) is 1. The number of pyridine rings is 1. The summed E-state index contributed by atoms with van der Waals surface area (Å²) in [6.45, 7) is 5.56. The number of hydrogen-bond acceptors (Lipinski definition) is 3. The Labute approximate surface area is 95.0 Å². The van der Waals surface area contributed by atoms with Crippen molar-refractivity contribution in [2.45, 2.75) is 38.5 Å². The van der Waals surface area contributed by atoms with Gasteiger partial charge in [0.1, 0.15) is 5.82 Å². The molecule has 16 heavy (non-hydrogen) atoms. The van der Waals surface area contributed by atoms with Gasteiger partial charge in [-0.15, -0.1) is 0 Å². The molecule has 1 unspecified atom stereocenters. The van der Waals surface area contributed by atoms with Crippen LogP contribution in [-0.2, 0) is 11.3 Å². The van der Waals surface area contributed by atoms with Gasteiger partial charge in [-0.2, -0.15) is 0 Å². The van der Waals surface area contributed by atoms with Crippen LogP contribution in [0.25, 0.3) is 0 Å². The van der Waals surface area contributed by atoms with Gasteiger partial charge >= 0.3 is 0 Å². The Kier molecular flexibility index (Phi) is 3.21. The zero-order chi connectivity index (χ0) is 11.6. The van der Waals surface area contributed by atoms with Crippen LogP contribution in [0.3, 0.4) is 0 Å². The summed E-state index contributed by atoms with van der Waals surface area (Å²) in [6, 6.07) is 3.49. The highest BCUT2D eigenvalue weighted by Gasteiger charge is 2.31. The predicted octanol–water partition coefficient (Wildman–Crippen LogP) is 1.88. The van der Waals surface area contributed by atoms with E-state index in [9.17, 15) is 4.39 Å². The van der Waals surface area contributed by atoms with Crippen molar-refractivity contribution >= 4 is 0 Å². The first-order chi connectivity index (χ1) is 7.55. The molecule has 1 aliphatic heterocycles. The number of hydrogen-bond donors (Lipinski definition) is 1. The second kappa shape index (κ2) is 4.47. The fourth-order valence-corrected chi connectivity index (χ4v) is 1.93. The molecule has 1 aromatic heterocycles. The first kappa shape index (κ1) is 11.5. The number of nitrogens with zero attached hydrogens (tertiary/aromatic N) is 1. The van der Waals surface area contributed by atoms with Gasteiger partial charge in [0.15, 0.2) is 0 Å². The van der Waals surface area contributed by atoms with Crippen LogP contribution >= 0.6 is 0 Å². The number of rotatable bonds is 3. The molecule has 0 saturated carbocycles. The fourth-order valence-electron chi connectivity index (χ4n) is 1.93. The van der Waals surface area contributed by atoms with E-state index in [1.807, 2.05) is 0 Å². The minimum absolute atomic E-state index is 0.0338. The van der Waals surface area contributed by atoms with Crippen LogP contribution in [0.5, 0.6) is 0 Å². The lowest BCUT2D eigenvalue weighted by molar-refractivity contribution is 0.0357. The molecule has 1 aliphatic rings. The summed E-state index contributed by atoms with van der Waals surface area (Å²) in [5.41, 5.74) is 0.819. The van der Waals surface area contributed by atoms with Crippen LogP contribution < -0.4 is 5.32 Å². The van der Waals surface area contributed by atoms with Crippen molar-refractivity contribution in [1.29, 1.82) is 0 Å². The monoisotopic (exact) mass is 224 g/mol. The van der Waals surface area contributed by atoms with Crippen LogP contribution in [0.2, 0.25) is 0 Å². The average molecular weight is 224 g/mol. The summed E-state index contributed by atoms with van der Waals surface area (Å²) < 4.78 is 18.2. The molecule has 88 valence electrons. The van der Waals surface area contributed by atoms with E-state index in [0.717, 1.165) is 18.7 Å². The second-order valence-corrected chi connectivity index (χ2v) is 4.82. The molecule has 0 amide bonds. The molecule has 1 N–H and O–H groups in total. The van der Waals surface area contributed by atoms with E-state index in [1.165, 1.54) is 12.3 Å². The van der Waals surface area contributed by atoms with Crippen molar-refractivity contribution in [2.75, 3.05) is 6.61 Å². The van der Waals surface area contributed by atoms with Crippen LogP contribution in [0, 0.1) is 5.82 Å². The van der Waals surface area contributed by atoms with E-state index in [1.54, 1.807) is 6.07 Å². The van der Waals surface area contributed by atoms with Crippen molar-refractivity contribution < 1.29 is 9.13 Å². The summed E-state index contributed by atoms with van der Waals surface area (Å²) in [7, 11) is 0. The smallest absolute Gasteiger partial charge is 0.141 e.